The molecule has 0 radical (unpaired) electrons. The van der Waals surface area contributed by atoms with E-state index in [0.717, 1.165) is 0 Å². The fourth-order valence-electron chi connectivity index (χ4n) is 1.52. The van der Waals surface area contributed by atoms with Crippen LogP contribution in [-0.4, -0.2) is 11.1 Å². The summed E-state index contributed by atoms with van der Waals surface area (Å²) in [5.41, 5.74) is -0.988. The Bertz CT molecular complexity index is 464. The number of aryl methyl sites for hydroxylation is 1. The number of hydrogen-bond donors (Lipinski definition) is 1. The summed E-state index contributed by atoms with van der Waals surface area (Å²) in [5, 5.41) is 17.5. The fraction of sp³-hybridized carbons (Fsp3) is 0.273. The van der Waals surface area contributed by atoms with Crippen molar-refractivity contribution in [2.45, 2.75) is 19.8 Å². The van der Waals surface area contributed by atoms with E-state index in [0.29, 0.717) is 12.0 Å². The Balaban J connectivity index is 3.58. The molecule has 1 aromatic rings. The first-order chi connectivity index (χ1) is 7.52. The molecule has 0 fully saturated rings. The van der Waals surface area contributed by atoms with Crippen LogP contribution < -0.4 is 0 Å². The maximum atomic E-state index is 12.8. The lowest BCUT2D eigenvalue weighted by Crippen LogP contribution is -2.06. The lowest BCUT2D eigenvalue weighted by molar-refractivity contribution is 0.0696. The lowest BCUT2D eigenvalue weighted by atomic mass is 9.95. The van der Waals surface area contributed by atoms with E-state index in [4.69, 9.17) is 10.4 Å². The van der Waals surface area contributed by atoms with Crippen LogP contribution in [0.2, 0.25) is 0 Å². The quantitative estimate of drug-likeness (QED) is 0.860. The highest BCUT2D eigenvalue weighted by molar-refractivity contribution is 5.91. The summed E-state index contributed by atoms with van der Waals surface area (Å²) in [5.74, 6) is -1.37. The number of carboxylic acids is 1. The normalized spacial score (nSPS) is 10.2. The molecule has 0 atom stereocenters. The van der Waals surface area contributed by atoms with Crippen molar-refractivity contribution in [1.82, 2.24) is 0 Å². The number of halogens is 2. The van der Waals surface area contributed by atoms with E-state index in [1.807, 2.05) is 0 Å². The zero-order chi connectivity index (χ0) is 12.3. The number of aromatic carboxylic acids is 1. The molecule has 0 spiro atoms. The molecule has 5 heteroatoms. The molecule has 0 aliphatic carbocycles. The average molecular weight is 225 g/mol. The Morgan fingerprint density at radius 1 is 1.56 bits per heavy atom. The summed E-state index contributed by atoms with van der Waals surface area (Å²) in [6.07, 6.45) is -2.52. The Morgan fingerprint density at radius 3 is 2.56 bits per heavy atom. The van der Waals surface area contributed by atoms with Gasteiger partial charge < -0.3 is 5.11 Å². The molecule has 0 aromatic heterocycles. The minimum absolute atomic E-state index is 0.302. The summed E-state index contributed by atoms with van der Waals surface area (Å²) in [7, 11) is 0. The smallest absolute Gasteiger partial charge is 0.337 e. The van der Waals surface area contributed by atoms with Crippen molar-refractivity contribution >= 4 is 5.97 Å². The molecule has 1 aromatic carbocycles. The standard InChI is InChI=1S/C11H9F2NO2/c1-2-6-3-4-7(11(15)16)8(5-14)9(6)10(12)13/h3-4,10H,2H2,1H3,(H,15,16). The zero-order valence-electron chi connectivity index (χ0n) is 8.50. The number of alkyl halides is 2. The van der Waals surface area contributed by atoms with E-state index < -0.39 is 23.5 Å². The first-order valence-corrected chi connectivity index (χ1v) is 4.60. The van der Waals surface area contributed by atoms with Gasteiger partial charge in [-0.05, 0) is 18.1 Å². The van der Waals surface area contributed by atoms with E-state index >= 15 is 0 Å². The Kier molecular flexibility index (Phi) is 3.56. The second-order valence-electron chi connectivity index (χ2n) is 3.13. The molecule has 0 aliphatic rings. The van der Waals surface area contributed by atoms with Crippen molar-refractivity contribution in [3.8, 4) is 6.07 Å². The fourth-order valence-corrected chi connectivity index (χ4v) is 1.52. The molecular weight excluding hydrogens is 216 g/mol. The van der Waals surface area contributed by atoms with Gasteiger partial charge in [-0.15, -0.1) is 0 Å². The van der Waals surface area contributed by atoms with Crippen LogP contribution in [0.1, 0.15) is 40.4 Å². The highest BCUT2D eigenvalue weighted by Crippen LogP contribution is 2.29. The van der Waals surface area contributed by atoms with Gasteiger partial charge in [0.2, 0.25) is 0 Å². The second kappa shape index (κ2) is 4.71. The minimum Gasteiger partial charge on any atom is -0.478 e. The predicted molar refractivity (Wildman–Crippen MR) is 52.5 cm³/mol. The van der Waals surface area contributed by atoms with Crippen molar-refractivity contribution in [2.24, 2.45) is 0 Å². The average Bonchev–Trinajstić information content (AvgIpc) is 2.26. The maximum absolute atomic E-state index is 12.8. The first-order valence-electron chi connectivity index (χ1n) is 4.60. The number of carbonyl (C=O) groups is 1. The number of nitriles is 1. The monoisotopic (exact) mass is 225 g/mol. The van der Waals surface area contributed by atoms with Gasteiger partial charge in [-0.2, -0.15) is 5.26 Å². The predicted octanol–water partition coefficient (Wildman–Crippen LogP) is 2.76. The van der Waals surface area contributed by atoms with Crippen molar-refractivity contribution in [1.29, 1.82) is 5.26 Å². The molecule has 16 heavy (non-hydrogen) atoms. The second-order valence-corrected chi connectivity index (χ2v) is 3.13. The van der Waals surface area contributed by atoms with Gasteiger partial charge >= 0.3 is 5.97 Å². The molecule has 3 nitrogen and oxygen atoms in total. The molecule has 1 N–H and O–H groups in total. The van der Waals surface area contributed by atoms with E-state index in [-0.39, 0.29) is 5.56 Å². The third-order valence-corrected chi connectivity index (χ3v) is 2.28. The van der Waals surface area contributed by atoms with Crippen LogP contribution >= 0.6 is 0 Å². The molecule has 0 saturated heterocycles. The van der Waals surface area contributed by atoms with Crippen LogP contribution in [0.4, 0.5) is 8.78 Å². The van der Waals surface area contributed by atoms with Crippen LogP contribution in [-0.2, 0) is 6.42 Å². The van der Waals surface area contributed by atoms with E-state index in [2.05, 4.69) is 0 Å². The topological polar surface area (TPSA) is 61.1 Å². The van der Waals surface area contributed by atoms with Crippen LogP contribution in [0.15, 0.2) is 12.1 Å². The number of nitrogens with zero attached hydrogens (tertiary/aromatic N) is 1. The number of hydrogen-bond acceptors (Lipinski definition) is 2. The summed E-state index contributed by atoms with van der Waals surface area (Å²) in [6.45, 7) is 1.67. The molecule has 1 rings (SSSR count). The molecule has 0 unspecified atom stereocenters. The van der Waals surface area contributed by atoms with Gasteiger partial charge in [-0.1, -0.05) is 13.0 Å². The highest BCUT2D eigenvalue weighted by Gasteiger charge is 2.22. The van der Waals surface area contributed by atoms with Crippen molar-refractivity contribution < 1.29 is 18.7 Å². The van der Waals surface area contributed by atoms with E-state index in [1.54, 1.807) is 13.0 Å². The van der Waals surface area contributed by atoms with Crippen LogP contribution in [0.3, 0.4) is 0 Å². The van der Waals surface area contributed by atoms with Crippen LogP contribution in [0, 0.1) is 11.3 Å². The third-order valence-electron chi connectivity index (χ3n) is 2.28. The van der Waals surface area contributed by atoms with Crippen LogP contribution in [0.25, 0.3) is 0 Å². The van der Waals surface area contributed by atoms with Gasteiger partial charge in [0.25, 0.3) is 6.43 Å². The molecule has 0 heterocycles. The molecule has 84 valence electrons. The summed E-state index contributed by atoms with van der Waals surface area (Å²) >= 11 is 0. The van der Waals surface area contributed by atoms with Gasteiger partial charge in [0.15, 0.2) is 0 Å². The van der Waals surface area contributed by atoms with Gasteiger partial charge in [0, 0.05) is 5.56 Å². The Hall–Kier alpha value is -1.96. The Labute approximate surface area is 90.9 Å². The van der Waals surface area contributed by atoms with Gasteiger partial charge in [0.05, 0.1) is 11.1 Å². The van der Waals surface area contributed by atoms with Gasteiger partial charge in [-0.25, -0.2) is 13.6 Å². The van der Waals surface area contributed by atoms with Crippen LogP contribution in [0.5, 0.6) is 0 Å². The summed E-state index contributed by atoms with van der Waals surface area (Å²) in [4.78, 5) is 10.8. The Morgan fingerprint density at radius 2 is 2.19 bits per heavy atom. The number of carboxylic acid groups (broad SMARTS) is 1. The van der Waals surface area contributed by atoms with Crippen molar-refractivity contribution in [2.75, 3.05) is 0 Å². The molecule has 0 aliphatic heterocycles. The van der Waals surface area contributed by atoms with E-state index in [9.17, 15) is 13.6 Å². The SMILES string of the molecule is CCc1ccc(C(=O)O)c(C#N)c1C(F)F. The highest BCUT2D eigenvalue weighted by atomic mass is 19.3. The van der Waals surface area contributed by atoms with Gasteiger partial charge in [-0.3, -0.25) is 0 Å². The largest absolute Gasteiger partial charge is 0.478 e. The molecule has 0 amide bonds. The summed E-state index contributed by atoms with van der Waals surface area (Å²) in [6, 6.07) is 4.05. The minimum atomic E-state index is -2.84. The van der Waals surface area contributed by atoms with E-state index in [1.165, 1.54) is 12.1 Å². The first kappa shape index (κ1) is 12.1. The third kappa shape index (κ3) is 2.01. The number of benzene rings is 1. The summed E-state index contributed by atoms with van der Waals surface area (Å²) < 4.78 is 25.5. The van der Waals surface area contributed by atoms with Crippen molar-refractivity contribution in [3.63, 3.8) is 0 Å². The molecule has 0 saturated carbocycles. The maximum Gasteiger partial charge on any atom is 0.337 e. The molecular formula is C11H9F2NO2. The number of rotatable bonds is 3. The van der Waals surface area contributed by atoms with Gasteiger partial charge in [0.1, 0.15) is 6.07 Å². The zero-order valence-corrected chi connectivity index (χ0v) is 8.50. The van der Waals surface area contributed by atoms with Crippen molar-refractivity contribution in [3.05, 3.63) is 34.4 Å². The molecule has 0 bridgehead atoms. The lowest BCUT2D eigenvalue weighted by Gasteiger charge is -2.10.